The molecule has 0 bridgehead atoms. The number of benzene rings is 2. The summed E-state index contributed by atoms with van der Waals surface area (Å²) in [7, 11) is 0. The van der Waals surface area contributed by atoms with Crippen molar-refractivity contribution in [2.24, 2.45) is 0 Å². The summed E-state index contributed by atoms with van der Waals surface area (Å²) in [5.74, 6) is 1.25. The van der Waals surface area contributed by atoms with Gasteiger partial charge in [-0.2, -0.15) is 0 Å². The fourth-order valence-electron chi connectivity index (χ4n) is 2.50. The zero-order chi connectivity index (χ0) is 18.6. The van der Waals surface area contributed by atoms with E-state index in [0.717, 1.165) is 16.2 Å². The van der Waals surface area contributed by atoms with Gasteiger partial charge < -0.3 is 14.8 Å². The predicted octanol–water partition coefficient (Wildman–Crippen LogP) is 4.45. The molecule has 1 aliphatic rings. The largest absolute Gasteiger partial charge is 0.486 e. The highest BCUT2D eigenvalue weighted by Gasteiger charge is 2.13. The Morgan fingerprint density at radius 3 is 2.74 bits per heavy atom. The third-order valence-electron chi connectivity index (χ3n) is 3.77. The van der Waals surface area contributed by atoms with Crippen LogP contribution >= 0.6 is 23.1 Å². The number of nitrogens with zero attached hydrogens (tertiary/aromatic N) is 1. The van der Waals surface area contributed by atoms with Crippen molar-refractivity contribution in [1.29, 1.82) is 0 Å². The van der Waals surface area contributed by atoms with E-state index in [9.17, 15) is 9.18 Å². The Labute approximate surface area is 163 Å². The number of thiazole rings is 1. The van der Waals surface area contributed by atoms with Gasteiger partial charge in [-0.1, -0.05) is 0 Å². The fourth-order valence-corrected chi connectivity index (χ4v) is 3.96. The third kappa shape index (κ3) is 4.40. The summed E-state index contributed by atoms with van der Waals surface area (Å²) in [4.78, 5) is 17.5. The second kappa shape index (κ2) is 7.98. The van der Waals surface area contributed by atoms with Crippen molar-refractivity contribution in [2.45, 2.75) is 4.90 Å². The van der Waals surface area contributed by atoms with Crippen LogP contribution in [-0.2, 0) is 4.79 Å². The van der Waals surface area contributed by atoms with E-state index < -0.39 is 0 Å². The molecule has 0 radical (unpaired) electrons. The van der Waals surface area contributed by atoms with Gasteiger partial charge in [0.05, 0.1) is 11.4 Å². The van der Waals surface area contributed by atoms with Gasteiger partial charge in [0.25, 0.3) is 0 Å². The fraction of sp³-hybridized carbons (Fsp3) is 0.158. The Hall–Kier alpha value is -2.58. The number of anilines is 1. The maximum Gasteiger partial charge on any atom is 0.236 e. The molecule has 0 fully saturated rings. The van der Waals surface area contributed by atoms with Crippen LogP contribution in [0.4, 0.5) is 9.52 Å². The van der Waals surface area contributed by atoms with Crippen LogP contribution in [0.5, 0.6) is 11.5 Å². The van der Waals surface area contributed by atoms with Crippen LogP contribution < -0.4 is 14.8 Å². The first-order valence-electron chi connectivity index (χ1n) is 8.21. The van der Waals surface area contributed by atoms with Gasteiger partial charge in [-0.25, -0.2) is 9.37 Å². The Morgan fingerprint density at radius 1 is 1.15 bits per heavy atom. The van der Waals surface area contributed by atoms with Gasteiger partial charge in [-0.05, 0) is 42.5 Å². The predicted molar refractivity (Wildman–Crippen MR) is 104 cm³/mol. The summed E-state index contributed by atoms with van der Waals surface area (Å²) >= 11 is 2.75. The summed E-state index contributed by atoms with van der Waals surface area (Å²) in [5.41, 5.74) is 1.51. The molecule has 2 aromatic carbocycles. The van der Waals surface area contributed by atoms with Crippen LogP contribution in [0.1, 0.15) is 0 Å². The number of halogens is 1. The van der Waals surface area contributed by atoms with Gasteiger partial charge in [0.1, 0.15) is 19.0 Å². The molecule has 8 heteroatoms. The van der Waals surface area contributed by atoms with Crippen molar-refractivity contribution in [2.75, 3.05) is 24.3 Å². The van der Waals surface area contributed by atoms with E-state index in [2.05, 4.69) is 10.3 Å². The summed E-state index contributed by atoms with van der Waals surface area (Å²) in [6, 6.07) is 11.7. The second-order valence-corrected chi connectivity index (χ2v) is 7.59. The lowest BCUT2D eigenvalue weighted by atomic mass is 10.2. The van der Waals surface area contributed by atoms with E-state index >= 15 is 0 Å². The number of carbonyl (C=O) groups is 1. The highest BCUT2D eigenvalue weighted by molar-refractivity contribution is 8.00. The molecular formula is C19H15FN2O3S2. The quantitative estimate of drug-likeness (QED) is 0.639. The van der Waals surface area contributed by atoms with Crippen LogP contribution in [0.2, 0.25) is 0 Å². The highest BCUT2D eigenvalue weighted by Crippen LogP contribution is 2.34. The zero-order valence-corrected chi connectivity index (χ0v) is 15.7. The van der Waals surface area contributed by atoms with E-state index in [1.165, 1.54) is 35.2 Å². The van der Waals surface area contributed by atoms with Crippen molar-refractivity contribution in [1.82, 2.24) is 4.98 Å². The van der Waals surface area contributed by atoms with Crippen molar-refractivity contribution >= 4 is 34.1 Å². The number of nitrogens with one attached hydrogen (secondary N) is 1. The Morgan fingerprint density at radius 2 is 1.93 bits per heavy atom. The van der Waals surface area contributed by atoms with Crippen molar-refractivity contribution in [3.8, 4) is 22.8 Å². The van der Waals surface area contributed by atoms with Crippen LogP contribution in [0.3, 0.4) is 0 Å². The molecule has 4 rings (SSSR count). The number of aromatic nitrogens is 1. The van der Waals surface area contributed by atoms with Gasteiger partial charge in [0.15, 0.2) is 16.6 Å². The topological polar surface area (TPSA) is 60.5 Å². The minimum Gasteiger partial charge on any atom is -0.486 e. The molecule has 0 aliphatic carbocycles. The molecule has 0 unspecified atom stereocenters. The minimum atomic E-state index is -0.293. The molecule has 0 saturated carbocycles. The number of fused-ring (bicyclic) bond motifs is 1. The minimum absolute atomic E-state index is 0.144. The lowest BCUT2D eigenvalue weighted by molar-refractivity contribution is -0.113. The SMILES string of the molecule is O=C(CSc1ccc2c(c1)OCCO2)Nc1nc(-c2ccc(F)cc2)cs1. The molecule has 0 spiro atoms. The van der Waals surface area contributed by atoms with E-state index in [0.29, 0.717) is 29.8 Å². The summed E-state index contributed by atoms with van der Waals surface area (Å²) < 4.78 is 24.0. The molecule has 138 valence electrons. The summed E-state index contributed by atoms with van der Waals surface area (Å²) in [5, 5.41) is 5.14. The number of hydrogen-bond donors (Lipinski definition) is 1. The first-order valence-corrected chi connectivity index (χ1v) is 10.1. The number of hydrogen-bond acceptors (Lipinski definition) is 6. The van der Waals surface area contributed by atoms with Gasteiger partial charge in [0, 0.05) is 15.8 Å². The molecular weight excluding hydrogens is 387 g/mol. The average Bonchev–Trinajstić information content (AvgIpc) is 3.15. The maximum absolute atomic E-state index is 13.0. The van der Waals surface area contributed by atoms with Crippen LogP contribution in [0, 0.1) is 5.82 Å². The Balaban J connectivity index is 1.34. The first kappa shape index (κ1) is 17.8. The molecule has 27 heavy (non-hydrogen) atoms. The number of ether oxygens (including phenoxy) is 2. The monoisotopic (exact) mass is 402 g/mol. The van der Waals surface area contributed by atoms with Gasteiger partial charge in [-0.3, -0.25) is 4.79 Å². The number of thioether (sulfide) groups is 1. The molecule has 1 aromatic heterocycles. The third-order valence-corrected chi connectivity index (χ3v) is 5.53. The lowest BCUT2D eigenvalue weighted by Crippen LogP contribution is -2.15. The summed E-state index contributed by atoms with van der Waals surface area (Å²) in [6.45, 7) is 1.08. The number of amides is 1. The molecule has 1 amide bonds. The van der Waals surface area contributed by atoms with Crippen LogP contribution in [0.25, 0.3) is 11.3 Å². The van der Waals surface area contributed by atoms with E-state index in [1.807, 2.05) is 23.6 Å². The van der Waals surface area contributed by atoms with Gasteiger partial charge in [0.2, 0.25) is 5.91 Å². The zero-order valence-electron chi connectivity index (χ0n) is 14.1. The van der Waals surface area contributed by atoms with Crippen molar-refractivity contribution < 1.29 is 18.7 Å². The standard InChI is InChI=1S/C19H15FN2O3S2/c20-13-3-1-12(2-4-13)15-10-27-19(21-15)22-18(23)11-26-14-5-6-16-17(9-14)25-8-7-24-16/h1-6,9-10H,7-8,11H2,(H,21,22,23). The van der Waals surface area contributed by atoms with Crippen LogP contribution in [-0.4, -0.2) is 29.9 Å². The summed E-state index contributed by atoms with van der Waals surface area (Å²) in [6.07, 6.45) is 0. The van der Waals surface area contributed by atoms with Crippen molar-refractivity contribution in [3.63, 3.8) is 0 Å². The van der Waals surface area contributed by atoms with E-state index in [4.69, 9.17) is 9.47 Å². The normalized spacial score (nSPS) is 12.6. The molecule has 0 saturated heterocycles. The maximum atomic E-state index is 13.0. The lowest BCUT2D eigenvalue weighted by Gasteiger charge is -2.18. The van der Waals surface area contributed by atoms with E-state index in [1.54, 1.807) is 12.1 Å². The van der Waals surface area contributed by atoms with Crippen molar-refractivity contribution in [3.05, 3.63) is 53.7 Å². The molecule has 1 aliphatic heterocycles. The van der Waals surface area contributed by atoms with Gasteiger partial charge in [-0.15, -0.1) is 23.1 Å². The highest BCUT2D eigenvalue weighted by atomic mass is 32.2. The van der Waals surface area contributed by atoms with Gasteiger partial charge >= 0.3 is 0 Å². The Bertz CT molecular complexity index is 960. The number of rotatable bonds is 5. The number of carbonyl (C=O) groups excluding carboxylic acids is 1. The average molecular weight is 402 g/mol. The van der Waals surface area contributed by atoms with E-state index in [-0.39, 0.29) is 17.5 Å². The smallest absolute Gasteiger partial charge is 0.236 e. The first-order chi connectivity index (χ1) is 13.2. The molecule has 5 nitrogen and oxygen atoms in total. The van der Waals surface area contributed by atoms with Crippen LogP contribution in [0.15, 0.2) is 52.7 Å². The molecule has 2 heterocycles. The molecule has 1 N–H and O–H groups in total. The molecule has 3 aromatic rings. The second-order valence-electron chi connectivity index (χ2n) is 5.69. The Kier molecular flexibility index (Phi) is 5.26. The molecule has 0 atom stereocenters.